The zero-order chi connectivity index (χ0) is 20.1. The Labute approximate surface area is 167 Å². The van der Waals surface area contributed by atoms with Crippen LogP contribution in [0.15, 0.2) is 51.8 Å². The van der Waals surface area contributed by atoms with Crippen molar-refractivity contribution in [3.8, 4) is 0 Å². The molecule has 0 aromatic carbocycles. The second kappa shape index (κ2) is 13.3. The molecule has 0 spiro atoms. The van der Waals surface area contributed by atoms with E-state index in [1.807, 2.05) is 0 Å². The monoisotopic (exact) mass is 392 g/mol. The molecular formula is C21H32N2O3S. The number of aliphatic carboxylic acids is 1. The van der Waals surface area contributed by atoms with E-state index in [9.17, 15) is 9.90 Å². The van der Waals surface area contributed by atoms with Crippen molar-refractivity contribution in [3.05, 3.63) is 47.4 Å². The van der Waals surface area contributed by atoms with Crippen molar-refractivity contribution in [2.45, 2.75) is 59.4 Å². The quantitative estimate of drug-likeness (QED) is 0.332. The van der Waals surface area contributed by atoms with Crippen molar-refractivity contribution in [3.63, 3.8) is 0 Å². The topological polar surface area (TPSA) is 75.4 Å². The third-order valence-corrected chi connectivity index (χ3v) is 4.96. The summed E-state index contributed by atoms with van der Waals surface area (Å²) in [6, 6.07) is -0.477. The smallest absolute Gasteiger partial charge is 0.327 e. The number of aromatic nitrogens is 1. The van der Waals surface area contributed by atoms with Crippen molar-refractivity contribution < 1.29 is 14.3 Å². The van der Waals surface area contributed by atoms with Gasteiger partial charge in [0.05, 0.1) is 6.20 Å². The number of allylic oxidation sites excluding steroid dienone is 5. The van der Waals surface area contributed by atoms with Crippen molar-refractivity contribution >= 4 is 23.7 Å². The van der Waals surface area contributed by atoms with E-state index in [-0.39, 0.29) is 6.01 Å². The van der Waals surface area contributed by atoms with Crippen LogP contribution >= 0.6 is 11.8 Å². The Morgan fingerprint density at radius 2 is 1.85 bits per heavy atom. The van der Waals surface area contributed by atoms with E-state index in [0.29, 0.717) is 5.75 Å². The van der Waals surface area contributed by atoms with Crippen LogP contribution < -0.4 is 5.32 Å². The largest absolute Gasteiger partial charge is 0.480 e. The first-order chi connectivity index (χ1) is 12.9. The number of anilines is 1. The molecule has 2 N–H and O–H groups in total. The second-order valence-electron chi connectivity index (χ2n) is 6.87. The molecule has 0 bridgehead atoms. The number of thioether (sulfide) groups is 1. The maximum atomic E-state index is 11.3. The fourth-order valence-electron chi connectivity index (χ4n) is 2.34. The van der Waals surface area contributed by atoms with Crippen molar-refractivity contribution in [2.75, 3.05) is 16.8 Å². The molecule has 0 aliphatic heterocycles. The lowest BCUT2D eigenvalue weighted by molar-refractivity contribution is -0.137. The zero-order valence-corrected chi connectivity index (χ0v) is 17.6. The van der Waals surface area contributed by atoms with E-state index in [0.717, 1.165) is 31.4 Å². The summed E-state index contributed by atoms with van der Waals surface area (Å²) in [4.78, 5) is 15.2. The Kier molecular flexibility index (Phi) is 11.3. The van der Waals surface area contributed by atoms with Gasteiger partial charge in [0.1, 0.15) is 12.3 Å². The minimum absolute atomic E-state index is 0.237. The van der Waals surface area contributed by atoms with Crippen molar-refractivity contribution in [2.24, 2.45) is 0 Å². The van der Waals surface area contributed by atoms with Crippen molar-refractivity contribution in [1.82, 2.24) is 4.98 Å². The van der Waals surface area contributed by atoms with Gasteiger partial charge in [0.2, 0.25) is 0 Å². The molecular weight excluding hydrogens is 360 g/mol. The zero-order valence-electron chi connectivity index (χ0n) is 16.8. The third kappa shape index (κ3) is 11.4. The van der Waals surface area contributed by atoms with Gasteiger partial charge < -0.3 is 14.8 Å². The molecule has 27 heavy (non-hydrogen) atoms. The SMILES string of the molecule is CC(C)=CCC/C(C)=C/CC/C(C)=C/CSCC(Nc1ncco1)C(=O)O. The van der Waals surface area contributed by atoms with E-state index in [4.69, 9.17) is 4.42 Å². The summed E-state index contributed by atoms with van der Waals surface area (Å²) in [5.41, 5.74) is 4.15. The summed E-state index contributed by atoms with van der Waals surface area (Å²) in [5, 5.41) is 12.1. The molecule has 1 atom stereocenters. The number of rotatable bonds is 13. The van der Waals surface area contributed by atoms with Crippen LogP contribution in [0.1, 0.15) is 53.4 Å². The van der Waals surface area contributed by atoms with Crippen molar-refractivity contribution in [1.29, 1.82) is 0 Å². The highest BCUT2D eigenvalue weighted by atomic mass is 32.2. The summed E-state index contributed by atoms with van der Waals surface area (Å²) in [6.07, 6.45) is 14.0. The molecule has 5 nitrogen and oxygen atoms in total. The van der Waals surface area contributed by atoms with E-state index >= 15 is 0 Å². The normalized spacial score (nSPS) is 13.3. The molecule has 1 aromatic rings. The molecule has 0 amide bonds. The Balaban J connectivity index is 2.26. The van der Waals surface area contributed by atoms with Crippen LogP contribution in [0.2, 0.25) is 0 Å². The fraction of sp³-hybridized carbons (Fsp3) is 0.524. The van der Waals surface area contributed by atoms with E-state index in [2.05, 4.69) is 56.2 Å². The molecule has 6 heteroatoms. The Morgan fingerprint density at radius 1 is 1.19 bits per heavy atom. The van der Waals surface area contributed by atoms with Crippen LogP contribution in [0, 0.1) is 0 Å². The molecule has 1 rings (SSSR count). The number of carboxylic acids is 1. The van der Waals surface area contributed by atoms with Gasteiger partial charge in [-0.25, -0.2) is 9.78 Å². The van der Waals surface area contributed by atoms with Gasteiger partial charge in [-0.3, -0.25) is 0 Å². The number of nitrogens with one attached hydrogen (secondary N) is 1. The Hall–Kier alpha value is -1.95. The lowest BCUT2D eigenvalue weighted by atomic mass is 10.1. The lowest BCUT2D eigenvalue weighted by Gasteiger charge is -2.11. The molecule has 1 aromatic heterocycles. The van der Waals surface area contributed by atoms with Gasteiger partial charge >= 0.3 is 5.97 Å². The van der Waals surface area contributed by atoms with Crippen LogP contribution in [0.4, 0.5) is 6.01 Å². The molecule has 1 unspecified atom stereocenters. The first kappa shape index (κ1) is 23.1. The van der Waals surface area contributed by atoms with Crippen LogP contribution in [-0.2, 0) is 4.79 Å². The minimum atomic E-state index is -0.907. The molecule has 0 aliphatic carbocycles. The number of oxazole rings is 1. The van der Waals surface area contributed by atoms with E-state index in [1.165, 1.54) is 29.2 Å². The van der Waals surface area contributed by atoms with E-state index < -0.39 is 12.0 Å². The van der Waals surface area contributed by atoms with Crippen LogP contribution in [0.3, 0.4) is 0 Å². The molecule has 0 radical (unpaired) electrons. The van der Waals surface area contributed by atoms with Crippen LogP contribution in [0.25, 0.3) is 0 Å². The number of carbonyl (C=O) groups is 1. The van der Waals surface area contributed by atoms with Crippen LogP contribution in [-0.4, -0.2) is 33.6 Å². The average Bonchev–Trinajstić information content (AvgIpc) is 3.10. The number of carboxylic acid groups (broad SMARTS) is 1. The number of hydrogen-bond donors (Lipinski definition) is 2. The summed E-state index contributed by atoms with van der Waals surface area (Å²) >= 11 is 1.58. The first-order valence-electron chi connectivity index (χ1n) is 9.29. The maximum absolute atomic E-state index is 11.3. The minimum Gasteiger partial charge on any atom is -0.480 e. The van der Waals surface area contributed by atoms with Gasteiger partial charge in [0, 0.05) is 11.5 Å². The fourth-order valence-corrected chi connectivity index (χ4v) is 3.34. The summed E-state index contributed by atoms with van der Waals surface area (Å²) in [6.45, 7) is 8.59. The summed E-state index contributed by atoms with van der Waals surface area (Å²) in [5.74, 6) is 0.340. The molecule has 1 heterocycles. The number of nitrogens with zero attached hydrogens (tertiary/aromatic N) is 1. The standard InChI is InChI=1S/C21H32N2O3S/c1-16(2)7-5-8-17(3)9-6-10-18(4)11-14-27-15-19(20(24)25)23-21-22-12-13-26-21/h7,9,11-13,19H,5-6,8,10,14-15H2,1-4H3,(H,22,23)(H,24,25)/b17-9+,18-11+. The number of hydrogen-bond acceptors (Lipinski definition) is 5. The van der Waals surface area contributed by atoms with Gasteiger partial charge in [-0.2, -0.15) is 11.8 Å². The van der Waals surface area contributed by atoms with Gasteiger partial charge in [-0.15, -0.1) is 0 Å². The lowest BCUT2D eigenvalue weighted by Crippen LogP contribution is -2.31. The van der Waals surface area contributed by atoms with Crippen LogP contribution in [0.5, 0.6) is 0 Å². The first-order valence-corrected chi connectivity index (χ1v) is 10.4. The Bertz CT molecular complexity index is 644. The van der Waals surface area contributed by atoms with Gasteiger partial charge in [-0.1, -0.05) is 34.9 Å². The molecule has 0 fully saturated rings. The molecule has 0 saturated heterocycles. The third-order valence-electron chi connectivity index (χ3n) is 3.99. The predicted molar refractivity (Wildman–Crippen MR) is 114 cm³/mol. The summed E-state index contributed by atoms with van der Waals surface area (Å²) in [7, 11) is 0. The highest BCUT2D eigenvalue weighted by Crippen LogP contribution is 2.14. The highest BCUT2D eigenvalue weighted by Gasteiger charge is 2.18. The maximum Gasteiger partial charge on any atom is 0.327 e. The van der Waals surface area contributed by atoms with Gasteiger partial charge in [-0.05, 0) is 53.4 Å². The predicted octanol–water partition coefficient (Wildman–Crippen LogP) is 5.69. The van der Waals surface area contributed by atoms with Gasteiger partial charge in [0.15, 0.2) is 0 Å². The molecule has 150 valence electrons. The average molecular weight is 393 g/mol. The molecule has 0 aliphatic rings. The Morgan fingerprint density at radius 3 is 2.44 bits per heavy atom. The highest BCUT2D eigenvalue weighted by molar-refractivity contribution is 7.99. The summed E-state index contributed by atoms with van der Waals surface area (Å²) < 4.78 is 5.04. The second-order valence-corrected chi connectivity index (χ2v) is 7.94. The van der Waals surface area contributed by atoms with Gasteiger partial charge in [0.25, 0.3) is 6.01 Å². The van der Waals surface area contributed by atoms with E-state index in [1.54, 1.807) is 11.8 Å². The molecule has 0 saturated carbocycles.